The summed E-state index contributed by atoms with van der Waals surface area (Å²) in [5.41, 5.74) is 2.72. The Hall–Kier alpha value is -3.02. The number of amides is 2. The zero-order chi connectivity index (χ0) is 20.8. The Balaban J connectivity index is 1.54. The number of hydrogen-bond donors (Lipinski definition) is 2. The fraction of sp³-hybridized carbons (Fsp3) is 0.0909. The largest absolute Gasteiger partial charge is 0.482 e. The molecule has 0 aliphatic rings. The average Bonchev–Trinajstić information content (AvgIpc) is 2.69. The molecule has 0 aliphatic carbocycles. The van der Waals surface area contributed by atoms with E-state index in [1.54, 1.807) is 48.5 Å². The molecule has 0 aliphatic heterocycles. The fourth-order valence-corrected chi connectivity index (χ4v) is 3.06. The van der Waals surface area contributed by atoms with Crippen molar-refractivity contribution in [2.45, 2.75) is 6.92 Å². The molecule has 3 aromatic carbocycles. The highest BCUT2D eigenvalue weighted by atomic mass is 35.5. The minimum absolute atomic E-state index is 0.187. The van der Waals surface area contributed by atoms with Crippen LogP contribution in [0.1, 0.15) is 15.9 Å². The SMILES string of the molecule is Cc1ccccc1C(=O)Nc1ccc(NC(=O)COc2ccc(Cl)cc2Cl)cc1. The van der Waals surface area contributed by atoms with E-state index in [0.29, 0.717) is 32.7 Å². The Morgan fingerprint density at radius 3 is 2.21 bits per heavy atom. The molecular formula is C22H18Cl2N2O3. The number of carbonyl (C=O) groups is 2. The molecule has 2 amide bonds. The maximum atomic E-state index is 12.3. The summed E-state index contributed by atoms with van der Waals surface area (Å²) in [5.74, 6) is -0.152. The summed E-state index contributed by atoms with van der Waals surface area (Å²) >= 11 is 11.8. The molecule has 0 saturated heterocycles. The number of benzene rings is 3. The molecule has 0 aromatic heterocycles. The minimum Gasteiger partial charge on any atom is -0.482 e. The molecule has 0 heterocycles. The number of hydrogen-bond acceptors (Lipinski definition) is 3. The second-order valence-electron chi connectivity index (χ2n) is 6.26. The Labute approximate surface area is 178 Å². The summed E-state index contributed by atoms with van der Waals surface area (Å²) < 4.78 is 5.40. The maximum Gasteiger partial charge on any atom is 0.262 e. The van der Waals surface area contributed by atoms with E-state index in [2.05, 4.69) is 10.6 Å². The van der Waals surface area contributed by atoms with E-state index < -0.39 is 0 Å². The zero-order valence-corrected chi connectivity index (χ0v) is 17.1. The smallest absolute Gasteiger partial charge is 0.262 e. The van der Waals surface area contributed by atoms with E-state index in [0.717, 1.165) is 5.56 Å². The third-order valence-electron chi connectivity index (χ3n) is 4.07. The van der Waals surface area contributed by atoms with Gasteiger partial charge in [0.05, 0.1) is 5.02 Å². The van der Waals surface area contributed by atoms with Crippen molar-refractivity contribution < 1.29 is 14.3 Å². The van der Waals surface area contributed by atoms with Gasteiger partial charge in [-0.3, -0.25) is 9.59 Å². The number of ether oxygens (including phenoxy) is 1. The first kappa shape index (κ1) is 20.7. The van der Waals surface area contributed by atoms with Crippen LogP contribution >= 0.6 is 23.2 Å². The van der Waals surface area contributed by atoms with Crippen molar-refractivity contribution in [1.82, 2.24) is 0 Å². The second kappa shape index (κ2) is 9.45. The van der Waals surface area contributed by atoms with Gasteiger partial charge in [-0.1, -0.05) is 41.4 Å². The van der Waals surface area contributed by atoms with Gasteiger partial charge in [0.15, 0.2) is 6.61 Å². The van der Waals surface area contributed by atoms with Crippen molar-refractivity contribution >= 4 is 46.4 Å². The third-order valence-corrected chi connectivity index (χ3v) is 4.60. The number of nitrogens with one attached hydrogen (secondary N) is 2. The van der Waals surface area contributed by atoms with Crippen molar-refractivity contribution in [3.63, 3.8) is 0 Å². The highest BCUT2D eigenvalue weighted by Crippen LogP contribution is 2.27. The summed E-state index contributed by atoms with van der Waals surface area (Å²) in [5, 5.41) is 6.37. The van der Waals surface area contributed by atoms with Gasteiger partial charge in [0.2, 0.25) is 0 Å². The van der Waals surface area contributed by atoms with Gasteiger partial charge in [0.1, 0.15) is 5.75 Å². The fourth-order valence-electron chi connectivity index (χ4n) is 2.60. The first-order valence-electron chi connectivity index (χ1n) is 8.77. The molecule has 0 radical (unpaired) electrons. The van der Waals surface area contributed by atoms with Crippen LogP contribution in [0, 0.1) is 6.92 Å². The van der Waals surface area contributed by atoms with Gasteiger partial charge in [-0.2, -0.15) is 0 Å². The number of anilines is 2. The van der Waals surface area contributed by atoms with Crippen molar-refractivity contribution in [2.75, 3.05) is 17.2 Å². The van der Waals surface area contributed by atoms with Crippen molar-refractivity contribution in [3.8, 4) is 5.75 Å². The second-order valence-corrected chi connectivity index (χ2v) is 7.10. The third kappa shape index (κ3) is 5.73. The summed E-state index contributed by atoms with van der Waals surface area (Å²) in [7, 11) is 0. The summed E-state index contributed by atoms with van der Waals surface area (Å²) in [6.07, 6.45) is 0. The standard InChI is InChI=1S/C22H18Cl2N2O3/c1-14-4-2-3-5-18(14)22(28)26-17-9-7-16(8-10-17)25-21(27)13-29-20-11-6-15(23)12-19(20)24/h2-12H,13H2,1H3,(H,25,27)(H,26,28). The monoisotopic (exact) mass is 428 g/mol. The Morgan fingerprint density at radius 2 is 1.55 bits per heavy atom. The van der Waals surface area contributed by atoms with Crippen molar-refractivity contribution in [1.29, 1.82) is 0 Å². The minimum atomic E-state index is -0.340. The van der Waals surface area contributed by atoms with E-state index >= 15 is 0 Å². The van der Waals surface area contributed by atoms with E-state index in [1.807, 2.05) is 25.1 Å². The van der Waals surface area contributed by atoms with Crippen LogP contribution < -0.4 is 15.4 Å². The number of aryl methyl sites for hydroxylation is 1. The molecule has 0 saturated carbocycles. The molecule has 5 nitrogen and oxygen atoms in total. The molecule has 29 heavy (non-hydrogen) atoms. The van der Waals surface area contributed by atoms with Crippen LogP contribution in [0.2, 0.25) is 10.0 Å². The first-order chi connectivity index (χ1) is 13.9. The van der Waals surface area contributed by atoms with E-state index in [1.165, 1.54) is 0 Å². The predicted octanol–water partition coefficient (Wildman–Crippen LogP) is 5.57. The highest BCUT2D eigenvalue weighted by molar-refractivity contribution is 6.35. The van der Waals surface area contributed by atoms with Crippen molar-refractivity contribution in [2.24, 2.45) is 0 Å². The molecule has 7 heteroatoms. The van der Waals surface area contributed by atoms with Gasteiger partial charge in [-0.25, -0.2) is 0 Å². The van der Waals surface area contributed by atoms with Crippen LogP contribution in [0.3, 0.4) is 0 Å². The van der Waals surface area contributed by atoms with Crippen molar-refractivity contribution in [3.05, 3.63) is 87.9 Å². The number of carbonyl (C=O) groups excluding carboxylic acids is 2. The van der Waals surface area contributed by atoms with E-state index in [9.17, 15) is 9.59 Å². The number of rotatable bonds is 6. The van der Waals surface area contributed by atoms with E-state index in [4.69, 9.17) is 27.9 Å². The maximum absolute atomic E-state index is 12.3. The zero-order valence-electron chi connectivity index (χ0n) is 15.5. The molecule has 3 rings (SSSR count). The Bertz CT molecular complexity index is 1040. The lowest BCUT2D eigenvalue weighted by Gasteiger charge is -2.10. The summed E-state index contributed by atoms with van der Waals surface area (Å²) in [4.78, 5) is 24.4. The van der Waals surface area contributed by atoms with Crippen LogP contribution in [0.15, 0.2) is 66.7 Å². The first-order valence-corrected chi connectivity index (χ1v) is 9.53. The highest BCUT2D eigenvalue weighted by Gasteiger charge is 2.10. The van der Waals surface area contributed by atoms with Gasteiger partial charge in [-0.05, 0) is 61.0 Å². The quantitative estimate of drug-likeness (QED) is 0.538. The molecule has 0 atom stereocenters. The van der Waals surface area contributed by atoms with Crippen LogP contribution in [0.4, 0.5) is 11.4 Å². The molecule has 0 bridgehead atoms. The lowest BCUT2D eigenvalue weighted by atomic mass is 10.1. The Kier molecular flexibility index (Phi) is 6.75. The predicted molar refractivity (Wildman–Crippen MR) is 116 cm³/mol. The van der Waals surface area contributed by atoms with Gasteiger partial charge in [-0.15, -0.1) is 0 Å². The number of halogens is 2. The Morgan fingerprint density at radius 1 is 0.897 bits per heavy atom. The normalized spacial score (nSPS) is 10.3. The molecule has 0 unspecified atom stereocenters. The van der Waals surface area contributed by atoms with Gasteiger partial charge >= 0.3 is 0 Å². The van der Waals surface area contributed by atoms with Crippen LogP contribution in [0.5, 0.6) is 5.75 Å². The lowest BCUT2D eigenvalue weighted by molar-refractivity contribution is -0.118. The molecule has 2 N–H and O–H groups in total. The van der Waals surface area contributed by atoms with E-state index in [-0.39, 0.29) is 18.4 Å². The van der Waals surface area contributed by atoms with Crippen LogP contribution in [0.25, 0.3) is 0 Å². The van der Waals surface area contributed by atoms with Gasteiger partial charge < -0.3 is 15.4 Å². The molecular weight excluding hydrogens is 411 g/mol. The van der Waals surface area contributed by atoms with Crippen LogP contribution in [-0.2, 0) is 4.79 Å². The summed E-state index contributed by atoms with van der Waals surface area (Å²) in [6, 6.07) is 18.9. The summed E-state index contributed by atoms with van der Waals surface area (Å²) in [6.45, 7) is 1.68. The molecule has 3 aromatic rings. The van der Waals surface area contributed by atoms with Gasteiger partial charge in [0.25, 0.3) is 11.8 Å². The lowest BCUT2D eigenvalue weighted by Crippen LogP contribution is -2.20. The average molecular weight is 429 g/mol. The van der Waals surface area contributed by atoms with Gasteiger partial charge in [0, 0.05) is 22.0 Å². The molecule has 0 fully saturated rings. The topological polar surface area (TPSA) is 67.4 Å². The van der Waals surface area contributed by atoms with Crippen LogP contribution in [-0.4, -0.2) is 18.4 Å². The molecule has 0 spiro atoms. The molecule has 148 valence electrons.